The molecule has 3 rings (SSSR count). The zero-order valence-corrected chi connectivity index (χ0v) is 17.7. The van der Waals surface area contributed by atoms with Gasteiger partial charge in [0, 0.05) is 19.6 Å². The highest BCUT2D eigenvalue weighted by molar-refractivity contribution is 7.89. The Balaban J connectivity index is 1.49. The van der Waals surface area contributed by atoms with Crippen LogP contribution < -0.4 is 10.1 Å². The van der Waals surface area contributed by atoms with Crippen molar-refractivity contribution in [2.75, 3.05) is 19.7 Å². The molecule has 1 fully saturated rings. The van der Waals surface area contributed by atoms with E-state index in [1.165, 1.54) is 4.31 Å². The first-order chi connectivity index (χ1) is 13.9. The van der Waals surface area contributed by atoms with Gasteiger partial charge in [-0.1, -0.05) is 38.1 Å². The second-order valence-electron chi connectivity index (χ2n) is 7.55. The Morgan fingerprint density at radius 3 is 2.45 bits per heavy atom. The molecule has 1 aliphatic rings. The van der Waals surface area contributed by atoms with Gasteiger partial charge < -0.3 is 10.1 Å². The van der Waals surface area contributed by atoms with Crippen LogP contribution in [0.1, 0.15) is 43.7 Å². The maximum absolute atomic E-state index is 12.5. The summed E-state index contributed by atoms with van der Waals surface area (Å²) in [6, 6.07) is 14.4. The molecule has 1 amide bonds. The number of nitrogens with one attached hydrogen (secondary N) is 1. The van der Waals surface area contributed by atoms with Crippen LogP contribution in [0, 0.1) is 0 Å². The number of carbonyl (C=O) groups is 1. The monoisotopic (exact) mass is 416 g/mol. The lowest BCUT2D eigenvalue weighted by atomic mass is 10.0. The van der Waals surface area contributed by atoms with Crippen LogP contribution in [0.2, 0.25) is 0 Å². The lowest BCUT2D eigenvalue weighted by Gasteiger charge is -2.15. The molecule has 0 atom stereocenters. The molecule has 0 aromatic heterocycles. The Morgan fingerprint density at radius 2 is 1.79 bits per heavy atom. The van der Waals surface area contributed by atoms with E-state index >= 15 is 0 Å². The molecule has 7 heteroatoms. The zero-order valence-electron chi connectivity index (χ0n) is 16.9. The number of nitrogens with zero attached hydrogens (tertiary/aromatic N) is 1. The SMILES string of the molecule is CC(C)c1cccc(OCC(=O)NCc2ccc(S(=O)(=O)N3CCCC3)cc2)c1. The van der Waals surface area contributed by atoms with Crippen LogP contribution >= 0.6 is 0 Å². The number of sulfonamides is 1. The van der Waals surface area contributed by atoms with E-state index in [9.17, 15) is 13.2 Å². The average molecular weight is 417 g/mol. The van der Waals surface area contributed by atoms with E-state index in [1.54, 1.807) is 24.3 Å². The van der Waals surface area contributed by atoms with Crippen LogP contribution in [0.4, 0.5) is 0 Å². The summed E-state index contributed by atoms with van der Waals surface area (Å²) in [5.74, 6) is 0.834. The van der Waals surface area contributed by atoms with Crippen LogP contribution in [-0.2, 0) is 21.4 Å². The zero-order chi connectivity index (χ0) is 20.9. The van der Waals surface area contributed by atoms with Crippen molar-refractivity contribution in [2.24, 2.45) is 0 Å². The minimum atomic E-state index is -3.41. The van der Waals surface area contributed by atoms with Gasteiger partial charge in [-0.3, -0.25) is 4.79 Å². The molecule has 2 aromatic rings. The van der Waals surface area contributed by atoms with E-state index in [1.807, 2.05) is 24.3 Å². The normalized spacial score (nSPS) is 14.9. The summed E-state index contributed by atoms with van der Waals surface area (Å²) in [5, 5.41) is 2.80. The summed E-state index contributed by atoms with van der Waals surface area (Å²) in [4.78, 5) is 12.4. The topological polar surface area (TPSA) is 75.7 Å². The van der Waals surface area contributed by atoms with Crippen LogP contribution in [-0.4, -0.2) is 38.3 Å². The highest BCUT2D eigenvalue weighted by Gasteiger charge is 2.26. The van der Waals surface area contributed by atoms with Gasteiger partial charge in [0.2, 0.25) is 10.0 Å². The molecule has 2 aromatic carbocycles. The summed E-state index contributed by atoms with van der Waals surface area (Å²) < 4.78 is 32.2. The molecule has 0 unspecified atom stereocenters. The fraction of sp³-hybridized carbons (Fsp3) is 0.409. The van der Waals surface area contributed by atoms with Crippen LogP contribution in [0.15, 0.2) is 53.4 Å². The third-order valence-corrected chi connectivity index (χ3v) is 6.92. The highest BCUT2D eigenvalue weighted by Crippen LogP contribution is 2.21. The molecule has 1 aliphatic heterocycles. The molecular formula is C22H28N2O4S. The molecule has 29 heavy (non-hydrogen) atoms. The quantitative estimate of drug-likeness (QED) is 0.717. The smallest absolute Gasteiger partial charge is 0.258 e. The second-order valence-corrected chi connectivity index (χ2v) is 9.49. The minimum absolute atomic E-state index is 0.0665. The predicted molar refractivity (Wildman–Crippen MR) is 112 cm³/mol. The van der Waals surface area contributed by atoms with Crippen LogP contribution in [0.25, 0.3) is 0 Å². The van der Waals surface area contributed by atoms with Gasteiger partial charge in [-0.15, -0.1) is 0 Å². The summed E-state index contributed by atoms with van der Waals surface area (Å²) in [7, 11) is -3.41. The second kappa shape index (κ2) is 9.41. The first-order valence-corrected chi connectivity index (χ1v) is 11.4. The summed E-state index contributed by atoms with van der Waals surface area (Å²) in [6.07, 6.45) is 1.82. The standard InChI is InChI=1S/C22H28N2O4S/c1-17(2)19-6-5-7-20(14-19)28-16-22(25)23-15-18-8-10-21(11-9-18)29(26,27)24-12-3-4-13-24/h5-11,14,17H,3-4,12-13,15-16H2,1-2H3,(H,23,25). The van der Waals surface area contributed by atoms with Crippen molar-refractivity contribution < 1.29 is 17.9 Å². The van der Waals surface area contributed by atoms with Gasteiger partial charge in [0.25, 0.3) is 5.91 Å². The fourth-order valence-electron chi connectivity index (χ4n) is 3.22. The van der Waals surface area contributed by atoms with Crippen LogP contribution in [0.3, 0.4) is 0 Å². The first kappa shape index (κ1) is 21.3. The van der Waals surface area contributed by atoms with Gasteiger partial charge in [-0.05, 0) is 54.2 Å². The van der Waals surface area contributed by atoms with E-state index in [0.717, 1.165) is 24.0 Å². The Bertz CT molecular complexity index is 934. The third kappa shape index (κ3) is 5.58. The van der Waals surface area contributed by atoms with Gasteiger partial charge in [0.15, 0.2) is 6.61 Å². The molecule has 156 valence electrons. The van der Waals surface area contributed by atoms with Crippen molar-refractivity contribution >= 4 is 15.9 Å². The van der Waals surface area contributed by atoms with Gasteiger partial charge in [-0.25, -0.2) is 8.42 Å². The lowest BCUT2D eigenvalue weighted by molar-refractivity contribution is -0.123. The Labute approximate surface area is 172 Å². The van der Waals surface area contributed by atoms with Gasteiger partial charge in [0.05, 0.1) is 4.90 Å². The van der Waals surface area contributed by atoms with Gasteiger partial charge in [0.1, 0.15) is 5.75 Å². The van der Waals surface area contributed by atoms with Crippen molar-refractivity contribution in [3.05, 3.63) is 59.7 Å². The summed E-state index contributed by atoms with van der Waals surface area (Å²) in [6.45, 7) is 5.63. The molecule has 0 aliphatic carbocycles. The van der Waals surface area contributed by atoms with Crippen molar-refractivity contribution in [2.45, 2.75) is 44.0 Å². The lowest BCUT2D eigenvalue weighted by Crippen LogP contribution is -2.29. The van der Waals surface area contributed by atoms with Crippen molar-refractivity contribution in [1.29, 1.82) is 0 Å². The summed E-state index contributed by atoms with van der Waals surface area (Å²) >= 11 is 0. The van der Waals surface area contributed by atoms with Gasteiger partial charge >= 0.3 is 0 Å². The number of hydrogen-bond acceptors (Lipinski definition) is 4. The minimum Gasteiger partial charge on any atom is -0.484 e. The van der Waals surface area contributed by atoms with Crippen LogP contribution in [0.5, 0.6) is 5.75 Å². The van der Waals surface area contributed by atoms with Crippen molar-refractivity contribution in [3.63, 3.8) is 0 Å². The van der Waals surface area contributed by atoms with E-state index in [2.05, 4.69) is 19.2 Å². The molecular weight excluding hydrogens is 388 g/mol. The first-order valence-electron chi connectivity index (χ1n) is 9.95. The van der Waals surface area contributed by atoms with E-state index in [-0.39, 0.29) is 12.5 Å². The highest BCUT2D eigenvalue weighted by atomic mass is 32.2. The molecule has 1 saturated heterocycles. The number of benzene rings is 2. The molecule has 6 nitrogen and oxygen atoms in total. The van der Waals surface area contributed by atoms with Gasteiger partial charge in [-0.2, -0.15) is 4.31 Å². The summed E-state index contributed by atoms with van der Waals surface area (Å²) in [5.41, 5.74) is 1.99. The number of carbonyl (C=O) groups excluding carboxylic acids is 1. The Hall–Kier alpha value is -2.38. The molecule has 0 spiro atoms. The van der Waals surface area contributed by atoms with E-state index in [4.69, 9.17) is 4.74 Å². The molecule has 0 radical (unpaired) electrons. The Morgan fingerprint density at radius 1 is 1.10 bits per heavy atom. The molecule has 0 bridgehead atoms. The van der Waals surface area contributed by atoms with Crippen molar-refractivity contribution in [3.8, 4) is 5.75 Å². The largest absolute Gasteiger partial charge is 0.484 e. The number of amides is 1. The van der Waals surface area contributed by atoms with Crippen molar-refractivity contribution in [1.82, 2.24) is 9.62 Å². The maximum Gasteiger partial charge on any atom is 0.258 e. The molecule has 0 saturated carbocycles. The predicted octanol–water partition coefficient (Wildman–Crippen LogP) is 3.29. The maximum atomic E-state index is 12.5. The molecule has 1 heterocycles. The number of ether oxygens (including phenoxy) is 1. The van der Waals surface area contributed by atoms with E-state index in [0.29, 0.717) is 36.2 Å². The average Bonchev–Trinajstić information content (AvgIpc) is 3.27. The fourth-order valence-corrected chi connectivity index (χ4v) is 4.74. The number of rotatable bonds is 8. The Kier molecular flexibility index (Phi) is 6.92. The third-order valence-electron chi connectivity index (χ3n) is 5.01. The number of hydrogen-bond donors (Lipinski definition) is 1. The van der Waals surface area contributed by atoms with E-state index < -0.39 is 10.0 Å². The molecule has 1 N–H and O–H groups in total.